The number of para-hydroxylation sites is 1. The van der Waals surface area contributed by atoms with Crippen molar-refractivity contribution in [3.05, 3.63) is 69.3 Å². The van der Waals surface area contributed by atoms with E-state index in [1.165, 1.54) is 18.2 Å². The Morgan fingerprint density at radius 2 is 1.97 bits per heavy atom. The molecule has 0 amide bonds. The van der Waals surface area contributed by atoms with E-state index in [0.29, 0.717) is 10.0 Å². The van der Waals surface area contributed by atoms with Crippen molar-refractivity contribution in [1.29, 1.82) is 0 Å². The molecule has 1 fully saturated rings. The third kappa shape index (κ3) is 4.61. The van der Waals surface area contributed by atoms with Crippen LogP contribution in [0.2, 0.25) is 5.15 Å². The molecule has 0 bridgehead atoms. The van der Waals surface area contributed by atoms with Gasteiger partial charge in [0, 0.05) is 21.5 Å². The van der Waals surface area contributed by atoms with Crippen LogP contribution in [0.4, 0.5) is 0 Å². The molecule has 3 aromatic rings. The summed E-state index contributed by atoms with van der Waals surface area (Å²) in [6.07, 6.45) is 1.65. The van der Waals surface area contributed by atoms with Crippen LogP contribution in [0.3, 0.4) is 0 Å². The Hall–Kier alpha value is -2.00. The number of nitrogens with zero attached hydrogens (tertiary/aromatic N) is 1. The first-order chi connectivity index (χ1) is 13.8. The molecule has 150 valence electrons. The number of rotatable bonds is 6. The Morgan fingerprint density at radius 3 is 2.72 bits per heavy atom. The molecule has 1 aliphatic carbocycles. The van der Waals surface area contributed by atoms with Gasteiger partial charge < -0.3 is 4.74 Å². The van der Waals surface area contributed by atoms with E-state index < -0.39 is 16.0 Å². The zero-order valence-corrected chi connectivity index (χ0v) is 18.2. The van der Waals surface area contributed by atoms with E-state index in [-0.39, 0.29) is 28.3 Å². The SMILES string of the molecule is O=C(OCc1cc2ccccc2nc1Cl)c1cc(S(=O)(=O)NC2CC2)ccc1Br. The molecule has 1 heterocycles. The lowest BCUT2D eigenvalue weighted by atomic mass is 10.1. The Morgan fingerprint density at radius 1 is 1.21 bits per heavy atom. The minimum absolute atomic E-state index is 0.0185. The lowest BCUT2D eigenvalue weighted by molar-refractivity contribution is 0.0471. The Labute approximate surface area is 181 Å². The lowest BCUT2D eigenvalue weighted by Gasteiger charge is -2.11. The average molecular weight is 496 g/mol. The van der Waals surface area contributed by atoms with E-state index in [4.69, 9.17) is 16.3 Å². The van der Waals surface area contributed by atoms with Gasteiger partial charge in [-0.1, -0.05) is 29.8 Å². The fourth-order valence-electron chi connectivity index (χ4n) is 2.78. The van der Waals surface area contributed by atoms with Gasteiger partial charge in [-0.2, -0.15) is 0 Å². The zero-order valence-electron chi connectivity index (χ0n) is 15.1. The van der Waals surface area contributed by atoms with E-state index >= 15 is 0 Å². The molecule has 0 atom stereocenters. The van der Waals surface area contributed by atoms with Crippen molar-refractivity contribution in [1.82, 2.24) is 9.71 Å². The summed E-state index contributed by atoms with van der Waals surface area (Å²) in [5.74, 6) is -0.662. The largest absolute Gasteiger partial charge is 0.457 e. The monoisotopic (exact) mass is 494 g/mol. The fourth-order valence-corrected chi connectivity index (χ4v) is 4.71. The summed E-state index contributed by atoms with van der Waals surface area (Å²) in [6.45, 7) is -0.0841. The number of carbonyl (C=O) groups excluding carboxylic acids is 1. The number of esters is 1. The number of hydrogen-bond acceptors (Lipinski definition) is 5. The molecule has 29 heavy (non-hydrogen) atoms. The zero-order chi connectivity index (χ0) is 20.6. The molecule has 9 heteroatoms. The normalized spacial score (nSPS) is 14.1. The number of fused-ring (bicyclic) bond motifs is 1. The molecule has 0 aliphatic heterocycles. The van der Waals surface area contributed by atoms with Crippen LogP contribution in [0, 0.1) is 0 Å². The summed E-state index contributed by atoms with van der Waals surface area (Å²) in [5.41, 5.74) is 1.43. The highest BCUT2D eigenvalue weighted by atomic mass is 79.9. The topological polar surface area (TPSA) is 85.4 Å². The van der Waals surface area contributed by atoms with Crippen molar-refractivity contribution in [3.63, 3.8) is 0 Å². The summed E-state index contributed by atoms with van der Waals surface area (Å²) < 4.78 is 33.2. The summed E-state index contributed by atoms with van der Waals surface area (Å²) in [7, 11) is -3.68. The molecule has 1 aliphatic rings. The minimum atomic E-state index is -3.68. The van der Waals surface area contributed by atoms with Crippen molar-refractivity contribution >= 4 is 54.4 Å². The summed E-state index contributed by atoms with van der Waals surface area (Å²) in [5, 5.41) is 1.13. The van der Waals surface area contributed by atoms with Gasteiger partial charge in [-0.25, -0.2) is 22.9 Å². The molecule has 0 unspecified atom stereocenters. The van der Waals surface area contributed by atoms with Crippen molar-refractivity contribution in [2.24, 2.45) is 0 Å². The number of aromatic nitrogens is 1. The van der Waals surface area contributed by atoms with Gasteiger partial charge in [-0.3, -0.25) is 0 Å². The molecule has 4 rings (SSSR count). The molecule has 6 nitrogen and oxygen atoms in total. The van der Waals surface area contributed by atoms with E-state index in [1.54, 1.807) is 0 Å². The number of carbonyl (C=O) groups is 1. The number of benzene rings is 2. The molecular weight excluding hydrogens is 480 g/mol. The molecule has 0 radical (unpaired) electrons. The van der Waals surface area contributed by atoms with Crippen LogP contribution in [0.1, 0.15) is 28.8 Å². The van der Waals surface area contributed by atoms with Crippen LogP contribution in [0.25, 0.3) is 10.9 Å². The van der Waals surface area contributed by atoms with Gasteiger partial charge in [0.25, 0.3) is 0 Å². The van der Waals surface area contributed by atoms with Crippen LogP contribution < -0.4 is 4.72 Å². The maximum Gasteiger partial charge on any atom is 0.339 e. The number of ether oxygens (including phenoxy) is 1. The molecule has 2 aromatic carbocycles. The molecule has 1 N–H and O–H groups in total. The number of sulfonamides is 1. The van der Waals surface area contributed by atoms with Gasteiger partial charge in [0.05, 0.1) is 16.0 Å². The molecule has 0 saturated heterocycles. The van der Waals surface area contributed by atoms with Crippen LogP contribution >= 0.6 is 27.5 Å². The van der Waals surface area contributed by atoms with Crippen molar-refractivity contribution < 1.29 is 17.9 Å². The maximum atomic E-state index is 12.6. The minimum Gasteiger partial charge on any atom is -0.457 e. The van der Waals surface area contributed by atoms with E-state index in [1.807, 2.05) is 30.3 Å². The maximum absolute atomic E-state index is 12.6. The summed E-state index contributed by atoms with van der Waals surface area (Å²) in [6, 6.07) is 13.5. The Balaban J connectivity index is 1.54. The van der Waals surface area contributed by atoms with Gasteiger partial charge in [0.2, 0.25) is 10.0 Å². The van der Waals surface area contributed by atoms with E-state index in [2.05, 4.69) is 25.6 Å². The van der Waals surface area contributed by atoms with Gasteiger partial charge in [0.1, 0.15) is 11.8 Å². The summed E-state index contributed by atoms with van der Waals surface area (Å²) in [4.78, 5) is 16.9. The first-order valence-electron chi connectivity index (χ1n) is 8.87. The second-order valence-electron chi connectivity index (χ2n) is 6.74. The average Bonchev–Trinajstić information content (AvgIpc) is 3.49. The van der Waals surface area contributed by atoms with Crippen LogP contribution in [0.5, 0.6) is 0 Å². The molecule has 0 spiro atoms. The highest BCUT2D eigenvalue weighted by molar-refractivity contribution is 9.10. The summed E-state index contributed by atoms with van der Waals surface area (Å²) >= 11 is 9.48. The van der Waals surface area contributed by atoms with Crippen molar-refractivity contribution in [3.8, 4) is 0 Å². The van der Waals surface area contributed by atoms with Crippen LogP contribution in [-0.4, -0.2) is 25.4 Å². The second kappa shape index (κ2) is 8.02. The van der Waals surface area contributed by atoms with Gasteiger partial charge in [-0.05, 0) is 59.1 Å². The third-order valence-electron chi connectivity index (χ3n) is 4.48. The predicted molar refractivity (Wildman–Crippen MR) is 113 cm³/mol. The second-order valence-corrected chi connectivity index (χ2v) is 9.67. The van der Waals surface area contributed by atoms with Gasteiger partial charge in [0.15, 0.2) is 0 Å². The number of nitrogens with one attached hydrogen (secondary N) is 1. The molecular formula is C20H16BrClN2O4S. The third-order valence-corrected chi connectivity index (χ3v) is 7.01. The van der Waals surface area contributed by atoms with E-state index in [9.17, 15) is 13.2 Å². The smallest absolute Gasteiger partial charge is 0.339 e. The van der Waals surface area contributed by atoms with Gasteiger partial charge in [-0.15, -0.1) is 0 Å². The van der Waals surface area contributed by atoms with Crippen LogP contribution in [-0.2, 0) is 21.4 Å². The highest BCUT2D eigenvalue weighted by Gasteiger charge is 2.28. The number of pyridine rings is 1. The molecule has 1 aromatic heterocycles. The van der Waals surface area contributed by atoms with Crippen LogP contribution in [0.15, 0.2) is 57.9 Å². The van der Waals surface area contributed by atoms with Crippen molar-refractivity contribution in [2.45, 2.75) is 30.4 Å². The first kappa shape index (κ1) is 20.3. The number of hydrogen-bond donors (Lipinski definition) is 1. The highest BCUT2D eigenvalue weighted by Crippen LogP contribution is 2.26. The fraction of sp³-hybridized carbons (Fsp3) is 0.200. The Bertz CT molecular complexity index is 1210. The molecule has 1 saturated carbocycles. The Kier molecular flexibility index (Phi) is 5.61. The predicted octanol–water partition coefficient (Wildman–Crippen LogP) is 4.45. The standard InChI is InChI=1S/C20H16BrClN2O4S/c21-17-8-7-15(29(26,27)24-14-5-6-14)10-16(17)20(25)28-11-13-9-12-3-1-2-4-18(12)23-19(13)22/h1-4,7-10,14,24H,5-6,11H2. The number of halogens is 2. The van der Waals surface area contributed by atoms with E-state index in [0.717, 1.165) is 23.7 Å². The lowest BCUT2D eigenvalue weighted by Crippen LogP contribution is -2.26. The van der Waals surface area contributed by atoms with Crippen molar-refractivity contribution in [2.75, 3.05) is 0 Å². The quantitative estimate of drug-likeness (QED) is 0.403. The van der Waals surface area contributed by atoms with Gasteiger partial charge >= 0.3 is 5.97 Å². The first-order valence-corrected chi connectivity index (χ1v) is 11.5.